The summed E-state index contributed by atoms with van der Waals surface area (Å²) in [5.74, 6) is 0.136. The van der Waals surface area contributed by atoms with Crippen molar-refractivity contribution in [3.63, 3.8) is 0 Å². The highest BCUT2D eigenvalue weighted by Gasteiger charge is 2.26. The number of hydrogen-bond acceptors (Lipinski definition) is 3. The number of rotatable bonds is 2. The third kappa shape index (κ3) is 1.41. The summed E-state index contributed by atoms with van der Waals surface area (Å²) in [5.41, 5.74) is 0. The van der Waals surface area contributed by atoms with Crippen molar-refractivity contribution >= 4 is 5.91 Å². The zero-order valence-electron chi connectivity index (χ0n) is 7.55. The van der Waals surface area contributed by atoms with Crippen molar-refractivity contribution in [3.8, 4) is 0 Å². The first-order valence-electron chi connectivity index (χ1n) is 4.42. The summed E-state index contributed by atoms with van der Waals surface area (Å²) < 4.78 is 1.58. The fourth-order valence-electron chi connectivity index (χ4n) is 1.33. The van der Waals surface area contributed by atoms with Gasteiger partial charge >= 0.3 is 0 Å². The number of carbonyl (C=O) groups excluding carboxylic acids is 1. The third-order valence-electron chi connectivity index (χ3n) is 2.36. The minimum absolute atomic E-state index is 0.136. The third-order valence-corrected chi connectivity index (χ3v) is 2.36. The maximum Gasteiger partial charge on any atom is 0.247 e. The fraction of sp³-hybridized carbons (Fsp3) is 0.625. The lowest BCUT2D eigenvalue weighted by Gasteiger charge is -2.32. The molecule has 5 heteroatoms. The number of carbonyl (C=O) groups is 1. The lowest BCUT2D eigenvalue weighted by atomic mass is 10.2. The zero-order chi connectivity index (χ0) is 9.26. The highest BCUT2D eigenvalue weighted by Crippen LogP contribution is 2.13. The van der Waals surface area contributed by atoms with E-state index in [4.69, 9.17) is 0 Å². The molecule has 1 aromatic heterocycles. The van der Waals surface area contributed by atoms with Crippen molar-refractivity contribution in [2.24, 2.45) is 0 Å². The first-order chi connectivity index (χ1) is 6.29. The number of aromatic nitrogens is 3. The molecular weight excluding hydrogens is 168 g/mol. The largest absolute Gasteiger partial charge is 0.341 e. The topological polar surface area (TPSA) is 51.0 Å². The van der Waals surface area contributed by atoms with Crippen LogP contribution in [0.1, 0.15) is 19.4 Å². The Bertz CT molecular complexity index is 291. The molecule has 1 atom stereocenters. The molecule has 1 aromatic rings. The van der Waals surface area contributed by atoms with Crippen LogP contribution in [0.4, 0.5) is 0 Å². The van der Waals surface area contributed by atoms with E-state index in [1.54, 1.807) is 11.0 Å². The van der Waals surface area contributed by atoms with Gasteiger partial charge in [0, 0.05) is 13.1 Å². The van der Waals surface area contributed by atoms with E-state index < -0.39 is 0 Å². The maximum absolute atomic E-state index is 11.7. The van der Waals surface area contributed by atoms with Crippen LogP contribution in [0.25, 0.3) is 0 Å². The van der Waals surface area contributed by atoms with Crippen molar-refractivity contribution in [2.45, 2.75) is 19.4 Å². The van der Waals surface area contributed by atoms with Crippen LogP contribution in [0.5, 0.6) is 0 Å². The van der Waals surface area contributed by atoms with E-state index in [9.17, 15) is 4.79 Å². The number of amides is 1. The molecular formula is C8H12N4O. The molecule has 1 fully saturated rings. The Morgan fingerprint density at radius 2 is 2.31 bits per heavy atom. The molecule has 0 radical (unpaired) electrons. The summed E-state index contributed by atoms with van der Waals surface area (Å²) in [4.78, 5) is 17.3. The molecule has 0 aliphatic carbocycles. The van der Waals surface area contributed by atoms with Gasteiger partial charge in [-0.2, -0.15) is 5.10 Å². The highest BCUT2D eigenvalue weighted by molar-refractivity contribution is 5.80. The van der Waals surface area contributed by atoms with Crippen molar-refractivity contribution in [2.75, 3.05) is 13.1 Å². The van der Waals surface area contributed by atoms with Crippen LogP contribution in [-0.2, 0) is 4.79 Å². The molecule has 1 amide bonds. The van der Waals surface area contributed by atoms with E-state index in [0.717, 1.165) is 19.5 Å². The molecule has 2 rings (SSSR count). The van der Waals surface area contributed by atoms with Gasteiger partial charge in [-0.25, -0.2) is 9.67 Å². The average Bonchev–Trinajstić information content (AvgIpc) is 2.51. The fourth-order valence-corrected chi connectivity index (χ4v) is 1.33. The van der Waals surface area contributed by atoms with Crippen LogP contribution in [0.15, 0.2) is 12.7 Å². The van der Waals surface area contributed by atoms with Gasteiger partial charge in [0.05, 0.1) is 0 Å². The van der Waals surface area contributed by atoms with Crippen molar-refractivity contribution in [1.29, 1.82) is 0 Å². The van der Waals surface area contributed by atoms with Gasteiger partial charge < -0.3 is 4.90 Å². The minimum atomic E-state index is -0.220. The molecule has 1 aliphatic rings. The monoisotopic (exact) mass is 180 g/mol. The summed E-state index contributed by atoms with van der Waals surface area (Å²) in [6.07, 6.45) is 4.14. The molecule has 70 valence electrons. The molecule has 5 nitrogen and oxygen atoms in total. The van der Waals surface area contributed by atoms with Crippen LogP contribution in [0.3, 0.4) is 0 Å². The van der Waals surface area contributed by atoms with E-state index >= 15 is 0 Å². The first kappa shape index (κ1) is 8.22. The summed E-state index contributed by atoms with van der Waals surface area (Å²) >= 11 is 0. The number of nitrogens with zero attached hydrogens (tertiary/aromatic N) is 4. The first-order valence-corrected chi connectivity index (χ1v) is 4.42. The van der Waals surface area contributed by atoms with Gasteiger partial charge in [-0.05, 0) is 13.3 Å². The molecule has 1 aliphatic heterocycles. The molecule has 2 heterocycles. The molecule has 0 saturated carbocycles. The second-order valence-corrected chi connectivity index (χ2v) is 3.23. The standard InChI is InChI=1S/C8H12N4O/c1-7(12-6-9-5-10-12)8(13)11-3-2-4-11/h5-7H,2-4H2,1H3. The number of likely N-dealkylation sites (tertiary alicyclic amines) is 1. The van der Waals surface area contributed by atoms with Crippen molar-refractivity contribution in [1.82, 2.24) is 19.7 Å². The highest BCUT2D eigenvalue weighted by atomic mass is 16.2. The van der Waals surface area contributed by atoms with Gasteiger partial charge in [-0.3, -0.25) is 4.79 Å². The Kier molecular flexibility index (Phi) is 2.00. The van der Waals surface area contributed by atoms with E-state index in [0.29, 0.717) is 0 Å². The van der Waals surface area contributed by atoms with E-state index in [2.05, 4.69) is 10.1 Å². The molecule has 0 spiro atoms. The lowest BCUT2D eigenvalue weighted by molar-refractivity contribution is -0.138. The van der Waals surface area contributed by atoms with Gasteiger partial charge in [-0.1, -0.05) is 0 Å². The SMILES string of the molecule is CC(C(=O)N1CCC1)n1cncn1. The Morgan fingerprint density at radius 3 is 2.77 bits per heavy atom. The molecule has 1 unspecified atom stereocenters. The molecule has 13 heavy (non-hydrogen) atoms. The van der Waals surface area contributed by atoms with Gasteiger partial charge in [0.1, 0.15) is 18.7 Å². The van der Waals surface area contributed by atoms with E-state index in [1.807, 2.05) is 11.8 Å². The van der Waals surface area contributed by atoms with Crippen LogP contribution in [-0.4, -0.2) is 38.7 Å². The Labute approximate surface area is 76.4 Å². The van der Waals surface area contributed by atoms with Gasteiger partial charge in [0.2, 0.25) is 5.91 Å². The van der Waals surface area contributed by atoms with Crippen molar-refractivity contribution < 1.29 is 4.79 Å². The summed E-state index contributed by atoms with van der Waals surface area (Å²) in [6, 6.07) is -0.220. The number of hydrogen-bond donors (Lipinski definition) is 0. The predicted molar refractivity (Wildman–Crippen MR) is 45.9 cm³/mol. The average molecular weight is 180 g/mol. The quantitative estimate of drug-likeness (QED) is 0.647. The normalized spacial score (nSPS) is 18.1. The van der Waals surface area contributed by atoms with Gasteiger partial charge in [0.15, 0.2) is 0 Å². The van der Waals surface area contributed by atoms with Crippen molar-refractivity contribution in [3.05, 3.63) is 12.7 Å². The second-order valence-electron chi connectivity index (χ2n) is 3.23. The second kappa shape index (κ2) is 3.16. The molecule has 0 bridgehead atoms. The van der Waals surface area contributed by atoms with Gasteiger partial charge in [0.25, 0.3) is 0 Å². The van der Waals surface area contributed by atoms with Crippen LogP contribution < -0.4 is 0 Å². The lowest BCUT2D eigenvalue weighted by Crippen LogP contribution is -2.45. The molecule has 1 saturated heterocycles. The predicted octanol–water partition coefficient (Wildman–Crippen LogP) is 0.0714. The summed E-state index contributed by atoms with van der Waals surface area (Å²) in [7, 11) is 0. The Morgan fingerprint density at radius 1 is 1.54 bits per heavy atom. The van der Waals surface area contributed by atoms with Crippen LogP contribution in [0, 0.1) is 0 Å². The molecule has 0 N–H and O–H groups in total. The Balaban J connectivity index is 2.04. The summed E-state index contributed by atoms with van der Waals surface area (Å²) in [5, 5.41) is 3.94. The van der Waals surface area contributed by atoms with Crippen LogP contribution >= 0.6 is 0 Å². The van der Waals surface area contributed by atoms with E-state index in [-0.39, 0.29) is 11.9 Å². The smallest absolute Gasteiger partial charge is 0.247 e. The molecule has 0 aromatic carbocycles. The van der Waals surface area contributed by atoms with Crippen LogP contribution in [0.2, 0.25) is 0 Å². The summed E-state index contributed by atoms with van der Waals surface area (Å²) in [6.45, 7) is 3.62. The minimum Gasteiger partial charge on any atom is -0.341 e. The van der Waals surface area contributed by atoms with E-state index in [1.165, 1.54) is 6.33 Å². The zero-order valence-corrected chi connectivity index (χ0v) is 7.55. The Hall–Kier alpha value is -1.39. The maximum atomic E-state index is 11.7. The van der Waals surface area contributed by atoms with Gasteiger partial charge in [-0.15, -0.1) is 0 Å².